The van der Waals surface area contributed by atoms with Crippen LogP contribution >= 0.6 is 0 Å². The van der Waals surface area contributed by atoms with Crippen LogP contribution in [0.15, 0.2) is 41.4 Å². The minimum Gasteiger partial charge on any atom is -0.257 e. The first kappa shape index (κ1) is 14.1. The minimum absolute atomic E-state index is 0.161. The Labute approximate surface area is 114 Å². The lowest BCUT2D eigenvalue weighted by atomic mass is 10.2. The molecular formula is C13H8F2N2O2S. The minimum atomic E-state index is -3.78. The molecule has 0 unspecified atom stereocenters. The van der Waals surface area contributed by atoms with Crippen LogP contribution in [0.2, 0.25) is 0 Å². The summed E-state index contributed by atoms with van der Waals surface area (Å²) in [6.45, 7) is 0. The summed E-state index contributed by atoms with van der Waals surface area (Å²) in [7, 11) is -3.78. The Bertz CT molecular complexity index is 781. The third-order valence-corrected chi connectivity index (χ3v) is 4.19. The zero-order valence-electron chi connectivity index (χ0n) is 10.0. The van der Waals surface area contributed by atoms with E-state index in [1.807, 2.05) is 0 Å². The van der Waals surface area contributed by atoms with Gasteiger partial charge >= 0.3 is 0 Å². The predicted molar refractivity (Wildman–Crippen MR) is 66.2 cm³/mol. The molecule has 0 spiro atoms. The van der Waals surface area contributed by atoms with E-state index in [-0.39, 0.29) is 16.2 Å². The molecule has 0 aliphatic carbocycles. The number of sulfone groups is 1. The number of nitriles is 1. The highest BCUT2D eigenvalue weighted by Crippen LogP contribution is 2.18. The van der Waals surface area contributed by atoms with E-state index in [2.05, 4.69) is 4.98 Å². The quantitative estimate of drug-likeness (QED) is 0.814. The summed E-state index contributed by atoms with van der Waals surface area (Å²) in [5.41, 5.74) is -0.188. The number of halogens is 2. The average molecular weight is 294 g/mol. The number of benzene rings is 1. The van der Waals surface area contributed by atoms with Crippen molar-refractivity contribution >= 4 is 9.84 Å². The molecule has 0 amide bonds. The molecule has 4 nitrogen and oxygen atoms in total. The zero-order valence-corrected chi connectivity index (χ0v) is 10.9. The van der Waals surface area contributed by atoms with E-state index in [0.717, 1.165) is 30.5 Å². The van der Waals surface area contributed by atoms with Crippen LogP contribution in [0.25, 0.3) is 0 Å². The van der Waals surface area contributed by atoms with Crippen LogP contribution in [0.5, 0.6) is 0 Å². The Morgan fingerprint density at radius 2 is 1.95 bits per heavy atom. The fourth-order valence-corrected chi connectivity index (χ4v) is 2.85. The van der Waals surface area contributed by atoms with E-state index in [1.165, 1.54) is 6.07 Å². The van der Waals surface area contributed by atoms with Gasteiger partial charge in [-0.05, 0) is 30.3 Å². The van der Waals surface area contributed by atoms with E-state index in [4.69, 9.17) is 5.26 Å². The maximum absolute atomic E-state index is 13.2. The van der Waals surface area contributed by atoms with Crippen LogP contribution in [0.1, 0.15) is 11.3 Å². The molecule has 0 saturated heterocycles. The Kier molecular flexibility index (Phi) is 3.77. The highest BCUT2D eigenvalue weighted by Gasteiger charge is 2.18. The molecule has 1 aromatic carbocycles. The lowest BCUT2D eigenvalue weighted by Gasteiger charge is -2.05. The molecule has 1 aromatic heterocycles. The van der Waals surface area contributed by atoms with Gasteiger partial charge in [-0.3, -0.25) is 4.98 Å². The van der Waals surface area contributed by atoms with Gasteiger partial charge in [0.05, 0.1) is 28.1 Å². The van der Waals surface area contributed by atoms with Gasteiger partial charge in [-0.25, -0.2) is 17.2 Å². The SMILES string of the molecule is N#Cc1cc(S(=O)(=O)Cc2ccc(F)cn2)ccc1F. The summed E-state index contributed by atoms with van der Waals surface area (Å²) in [6.07, 6.45) is 0.913. The average Bonchev–Trinajstić information content (AvgIpc) is 2.41. The van der Waals surface area contributed by atoms with E-state index < -0.39 is 27.2 Å². The van der Waals surface area contributed by atoms with E-state index >= 15 is 0 Å². The Balaban J connectivity index is 2.36. The largest absolute Gasteiger partial charge is 0.257 e. The van der Waals surface area contributed by atoms with Gasteiger partial charge in [-0.1, -0.05) is 0 Å². The lowest BCUT2D eigenvalue weighted by Crippen LogP contribution is -2.07. The first-order valence-electron chi connectivity index (χ1n) is 5.45. The monoisotopic (exact) mass is 294 g/mol. The molecule has 2 rings (SSSR count). The van der Waals surface area contributed by atoms with Crippen LogP contribution in [0.4, 0.5) is 8.78 Å². The molecule has 102 valence electrons. The molecule has 0 N–H and O–H groups in total. The van der Waals surface area contributed by atoms with Crippen molar-refractivity contribution in [3.8, 4) is 6.07 Å². The Morgan fingerprint density at radius 3 is 2.55 bits per heavy atom. The number of hydrogen-bond acceptors (Lipinski definition) is 4. The van der Waals surface area contributed by atoms with Crippen molar-refractivity contribution in [1.29, 1.82) is 5.26 Å². The first-order valence-corrected chi connectivity index (χ1v) is 7.10. The fraction of sp³-hybridized carbons (Fsp3) is 0.0769. The van der Waals surface area contributed by atoms with Crippen LogP contribution in [0.3, 0.4) is 0 Å². The molecule has 0 radical (unpaired) electrons. The number of pyridine rings is 1. The number of rotatable bonds is 3. The summed E-state index contributed by atoms with van der Waals surface area (Å²) >= 11 is 0. The molecule has 0 atom stereocenters. The van der Waals surface area contributed by atoms with Crippen molar-refractivity contribution < 1.29 is 17.2 Å². The molecule has 7 heteroatoms. The standard InChI is InChI=1S/C13H8F2N2O2S/c14-10-1-2-11(17-7-10)8-20(18,19)12-3-4-13(15)9(5-12)6-16/h1-5,7H,8H2. The van der Waals surface area contributed by atoms with Crippen molar-refractivity contribution in [2.45, 2.75) is 10.6 Å². The second kappa shape index (κ2) is 5.35. The maximum atomic E-state index is 13.2. The van der Waals surface area contributed by atoms with Gasteiger partial charge in [0.15, 0.2) is 9.84 Å². The maximum Gasteiger partial charge on any atom is 0.184 e. The van der Waals surface area contributed by atoms with Gasteiger partial charge in [0.1, 0.15) is 17.7 Å². The summed E-state index contributed by atoms with van der Waals surface area (Å²) in [4.78, 5) is 3.48. The third kappa shape index (κ3) is 2.97. The molecule has 0 fully saturated rings. The first-order chi connectivity index (χ1) is 9.42. The summed E-state index contributed by atoms with van der Waals surface area (Å²) < 4.78 is 50.1. The van der Waals surface area contributed by atoms with Crippen molar-refractivity contribution in [2.75, 3.05) is 0 Å². The Morgan fingerprint density at radius 1 is 1.20 bits per heavy atom. The summed E-state index contributed by atoms with van der Waals surface area (Å²) in [6, 6.07) is 6.89. The van der Waals surface area contributed by atoms with Gasteiger partial charge in [0, 0.05) is 0 Å². The van der Waals surface area contributed by atoms with Gasteiger partial charge in [-0.15, -0.1) is 0 Å². The lowest BCUT2D eigenvalue weighted by molar-refractivity contribution is 0.591. The summed E-state index contributed by atoms with van der Waals surface area (Å²) in [5, 5.41) is 8.69. The molecular weight excluding hydrogens is 286 g/mol. The third-order valence-electron chi connectivity index (χ3n) is 2.54. The van der Waals surface area contributed by atoms with E-state index in [9.17, 15) is 17.2 Å². The van der Waals surface area contributed by atoms with Crippen LogP contribution < -0.4 is 0 Å². The van der Waals surface area contributed by atoms with Crippen LogP contribution in [-0.2, 0) is 15.6 Å². The number of aromatic nitrogens is 1. The smallest absolute Gasteiger partial charge is 0.184 e. The van der Waals surface area contributed by atoms with Crippen molar-refractivity contribution in [1.82, 2.24) is 4.98 Å². The zero-order chi connectivity index (χ0) is 14.8. The molecule has 0 aliphatic rings. The van der Waals surface area contributed by atoms with Crippen LogP contribution in [-0.4, -0.2) is 13.4 Å². The molecule has 0 bridgehead atoms. The highest BCUT2D eigenvalue weighted by molar-refractivity contribution is 7.90. The molecule has 0 saturated carbocycles. The van der Waals surface area contributed by atoms with E-state index in [1.54, 1.807) is 6.07 Å². The molecule has 20 heavy (non-hydrogen) atoms. The fourth-order valence-electron chi connectivity index (χ4n) is 1.55. The normalized spacial score (nSPS) is 11.1. The van der Waals surface area contributed by atoms with E-state index in [0.29, 0.717) is 0 Å². The predicted octanol–water partition coefficient (Wildman–Crippen LogP) is 2.21. The number of nitrogens with zero attached hydrogens (tertiary/aromatic N) is 2. The Hall–Kier alpha value is -2.33. The highest BCUT2D eigenvalue weighted by atomic mass is 32.2. The topological polar surface area (TPSA) is 70.8 Å². The number of hydrogen-bond donors (Lipinski definition) is 0. The van der Waals surface area contributed by atoms with Crippen molar-refractivity contribution in [3.63, 3.8) is 0 Å². The van der Waals surface area contributed by atoms with Gasteiger partial charge in [-0.2, -0.15) is 5.26 Å². The molecule has 1 heterocycles. The van der Waals surface area contributed by atoms with Crippen molar-refractivity contribution in [3.05, 3.63) is 59.4 Å². The summed E-state index contributed by atoms with van der Waals surface area (Å²) in [5.74, 6) is -1.81. The van der Waals surface area contributed by atoms with Crippen molar-refractivity contribution in [2.24, 2.45) is 0 Å². The molecule has 2 aromatic rings. The molecule has 0 aliphatic heterocycles. The van der Waals surface area contributed by atoms with Gasteiger partial charge in [0.2, 0.25) is 0 Å². The van der Waals surface area contributed by atoms with Gasteiger partial charge in [0.25, 0.3) is 0 Å². The van der Waals surface area contributed by atoms with Gasteiger partial charge < -0.3 is 0 Å². The second-order valence-electron chi connectivity index (χ2n) is 3.98. The second-order valence-corrected chi connectivity index (χ2v) is 5.97. The van der Waals surface area contributed by atoms with Crippen LogP contribution in [0, 0.1) is 23.0 Å².